The highest BCUT2D eigenvalue weighted by Gasteiger charge is 2.80. The standard InChI is InChI=1S/C31H45NO8/c1-9-13-28(5,6)32-26(38)19-23(35)20(14(2)3)30(8)27(39)29(7)15(4)16-11-10-12-17(33)18(16)22(34)21(29)25(37)31(30,40)24(19)36/h10-12,14-15,19-21,23,25,27,33,35,37,39-40H,9,13H2,1-8H3,(H,32,38)/t15-,19-,20+,21-,23?,25?,27-,29+,30+,31+/m1/s1. The highest BCUT2D eigenvalue weighted by molar-refractivity contribution is 6.10. The van der Waals surface area contributed by atoms with Crippen LogP contribution in [0.4, 0.5) is 0 Å². The van der Waals surface area contributed by atoms with Crippen LogP contribution >= 0.6 is 0 Å². The number of phenolic OH excluding ortho intramolecular Hbond substituents is 1. The lowest BCUT2D eigenvalue weighted by Crippen LogP contribution is -2.84. The van der Waals surface area contributed by atoms with Gasteiger partial charge in [0.1, 0.15) is 17.8 Å². The molecule has 3 aliphatic carbocycles. The molecule has 0 saturated heterocycles. The number of aromatic hydroxyl groups is 1. The topological polar surface area (TPSA) is 164 Å². The fourth-order valence-corrected chi connectivity index (χ4v) is 8.80. The van der Waals surface area contributed by atoms with Crippen LogP contribution in [-0.4, -0.2) is 72.5 Å². The van der Waals surface area contributed by atoms with Gasteiger partial charge in [-0.05, 0) is 49.7 Å². The largest absolute Gasteiger partial charge is 0.507 e. The second-order valence-corrected chi connectivity index (χ2v) is 13.8. The molecule has 0 radical (unpaired) electrons. The molecule has 0 heterocycles. The summed E-state index contributed by atoms with van der Waals surface area (Å²) in [5.74, 6) is -8.12. The normalized spacial score (nSPS) is 41.3. The minimum atomic E-state index is -2.75. The van der Waals surface area contributed by atoms with Crippen molar-refractivity contribution < 1.29 is 39.9 Å². The lowest BCUT2D eigenvalue weighted by molar-refractivity contribution is -0.306. The van der Waals surface area contributed by atoms with Gasteiger partial charge in [0.25, 0.3) is 0 Å². The van der Waals surface area contributed by atoms with Crippen molar-refractivity contribution >= 4 is 17.5 Å². The van der Waals surface area contributed by atoms with Gasteiger partial charge >= 0.3 is 0 Å². The Morgan fingerprint density at radius 3 is 2.27 bits per heavy atom. The van der Waals surface area contributed by atoms with E-state index >= 15 is 0 Å². The van der Waals surface area contributed by atoms with Crippen molar-refractivity contribution in [3.63, 3.8) is 0 Å². The fourth-order valence-electron chi connectivity index (χ4n) is 8.80. The number of carbonyl (C=O) groups excluding carboxylic acids is 3. The van der Waals surface area contributed by atoms with Gasteiger partial charge in [-0.2, -0.15) is 0 Å². The van der Waals surface area contributed by atoms with Gasteiger partial charge < -0.3 is 30.8 Å². The van der Waals surface area contributed by atoms with Crippen molar-refractivity contribution in [2.24, 2.45) is 34.5 Å². The van der Waals surface area contributed by atoms with Crippen LogP contribution in [0.3, 0.4) is 0 Å². The van der Waals surface area contributed by atoms with Gasteiger partial charge in [0.05, 0.1) is 23.7 Å². The molecular weight excluding hydrogens is 514 g/mol. The number of nitrogens with one attached hydrogen (secondary N) is 1. The summed E-state index contributed by atoms with van der Waals surface area (Å²) >= 11 is 0. The molecule has 1 amide bonds. The minimum absolute atomic E-state index is 0.0183. The molecule has 0 aromatic heterocycles. The summed E-state index contributed by atoms with van der Waals surface area (Å²) in [6.45, 7) is 14.0. The number of amides is 1. The van der Waals surface area contributed by atoms with E-state index in [-0.39, 0.29) is 11.3 Å². The van der Waals surface area contributed by atoms with E-state index in [4.69, 9.17) is 0 Å². The Labute approximate surface area is 236 Å². The van der Waals surface area contributed by atoms with Crippen LogP contribution in [0.15, 0.2) is 18.2 Å². The minimum Gasteiger partial charge on any atom is -0.507 e. The van der Waals surface area contributed by atoms with Crippen molar-refractivity contribution in [1.82, 2.24) is 5.32 Å². The number of phenols is 1. The lowest BCUT2D eigenvalue weighted by Gasteiger charge is -2.69. The summed E-state index contributed by atoms with van der Waals surface area (Å²) in [6.07, 6.45) is -3.79. The zero-order valence-corrected chi connectivity index (χ0v) is 24.7. The zero-order valence-electron chi connectivity index (χ0n) is 24.7. The quantitative estimate of drug-likeness (QED) is 0.299. The fraction of sp³-hybridized carbons (Fsp3) is 0.710. The Bertz CT molecular complexity index is 1230. The van der Waals surface area contributed by atoms with E-state index in [0.717, 1.165) is 6.42 Å². The van der Waals surface area contributed by atoms with Gasteiger partial charge in [0.2, 0.25) is 5.91 Å². The van der Waals surface area contributed by atoms with E-state index in [0.29, 0.717) is 12.0 Å². The first kappa shape index (κ1) is 30.6. The molecule has 9 nitrogen and oxygen atoms in total. The molecule has 9 heteroatoms. The van der Waals surface area contributed by atoms with Crippen LogP contribution in [0.5, 0.6) is 5.75 Å². The Hall–Kier alpha value is -2.33. The number of rotatable bonds is 5. The summed E-state index contributed by atoms with van der Waals surface area (Å²) in [4.78, 5) is 41.9. The molecule has 1 aromatic rings. The molecule has 3 aliphatic rings. The van der Waals surface area contributed by atoms with Crippen LogP contribution in [0.25, 0.3) is 0 Å². The molecule has 2 unspecified atom stereocenters. The molecule has 2 saturated carbocycles. The van der Waals surface area contributed by atoms with Crippen molar-refractivity contribution in [1.29, 1.82) is 0 Å². The Balaban J connectivity index is 1.95. The van der Waals surface area contributed by atoms with E-state index in [2.05, 4.69) is 5.32 Å². The molecule has 2 fully saturated rings. The Kier molecular flexibility index (Phi) is 7.36. The van der Waals surface area contributed by atoms with E-state index < -0.39 is 87.3 Å². The second-order valence-electron chi connectivity index (χ2n) is 13.8. The van der Waals surface area contributed by atoms with Crippen LogP contribution < -0.4 is 5.32 Å². The van der Waals surface area contributed by atoms with Crippen LogP contribution in [0.2, 0.25) is 0 Å². The molecule has 6 N–H and O–H groups in total. The monoisotopic (exact) mass is 559 g/mol. The SMILES string of the molecule is CCCC(C)(C)NC(=O)[C@H]1C(=O)[C@]2(O)C(O)[C@H]3C(=O)c4c(O)cccc4[C@@H](C)[C@]3(C)[C@@H](O)[C@]2(C)[C@@H](C(C)C)C1O. The molecule has 0 spiro atoms. The number of hydrogen-bond donors (Lipinski definition) is 6. The first-order valence-electron chi connectivity index (χ1n) is 14.3. The Morgan fingerprint density at radius 1 is 1.12 bits per heavy atom. The van der Waals surface area contributed by atoms with Gasteiger partial charge in [-0.15, -0.1) is 0 Å². The Morgan fingerprint density at radius 2 is 1.73 bits per heavy atom. The van der Waals surface area contributed by atoms with E-state index in [1.54, 1.807) is 53.7 Å². The summed E-state index contributed by atoms with van der Waals surface area (Å²) in [5.41, 5.74) is -6.20. The van der Waals surface area contributed by atoms with E-state index in [1.165, 1.54) is 13.0 Å². The number of hydrogen-bond acceptors (Lipinski definition) is 8. The molecular formula is C31H45NO8. The number of aliphatic hydroxyl groups is 4. The van der Waals surface area contributed by atoms with E-state index in [9.17, 15) is 39.9 Å². The van der Waals surface area contributed by atoms with Crippen LogP contribution in [-0.2, 0) is 9.59 Å². The smallest absolute Gasteiger partial charge is 0.233 e. The third-order valence-corrected chi connectivity index (χ3v) is 10.8. The highest BCUT2D eigenvalue weighted by Crippen LogP contribution is 2.68. The maximum atomic E-state index is 14.3. The molecule has 222 valence electrons. The van der Waals surface area contributed by atoms with Crippen molar-refractivity contribution in [3.8, 4) is 5.75 Å². The molecule has 4 rings (SSSR count). The van der Waals surface area contributed by atoms with Gasteiger partial charge in [-0.25, -0.2) is 0 Å². The number of benzene rings is 1. The molecule has 0 bridgehead atoms. The molecule has 0 aliphatic heterocycles. The summed E-state index contributed by atoms with van der Waals surface area (Å²) in [7, 11) is 0. The number of fused-ring (bicyclic) bond motifs is 3. The van der Waals surface area contributed by atoms with Gasteiger partial charge in [-0.3, -0.25) is 14.4 Å². The first-order chi connectivity index (χ1) is 18.3. The highest BCUT2D eigenvalue weighted by atomic mass is 16.4. The van der Waals surface area contributed by atoms with E-state index in [1.807, 2.05) is 6.92 Å². The molecule has 1 aromatic carbocycles. The second kappa shape index (κ2) is 9.61. The summed E-state index contributed by atoms with van der Waals surface area (Å²) < 4.78 is 0. The van der Waals surface area contributed by atoms with Gasteiger partial charge in [0.15, 0.2) is 17.2 Å². The molecule has 10 atom stereocenters. The van der Waals surface area contributed by atoms with Crippen LogP contribution in [0.1, 0.15) is 90.1 Å². The third-order valence-electron chi connectivity index (χ3n) is 10.8. The number of Topliss-reactive ketones (excluding diaryl/α,β-unsaturated/α-hetero) is 2. The van der Waals surface area contributed by atoms with Gasteiger partial charge in [-0.1, -0.05) is 60.1 Å². The number of carbonyl (C=O) groups is 3. The molecule has 40 heavy (non-hydrogen) atoms. The van der Waals surface area contributed by atoms with Crippen molar-refractivity contribution in [2.45, 2.75) is 104 Å². The first-order valence-corrected chi connectivity index (χ1v) is 14.3. The zero-order chi connectivity index (χ0) is 30.3. The maximum absolute atomic E-state index is 14.3. The van der Waals surface area contributed by atoms with Crippen molar-refractivity contribution in [3.05, 3.63) is 29.3 Å². The van der Waals surface area contributed by atoms with Gasteiger partial charge in [0, 0.05) is 16.4 Å². The average molecular weight is 560 g/mol. The lowest BCUT2D eigenvalue weighted by atomic mass is 9.36. The summed E-state index contributed by atoms with van der Waals surface area (Å²) in [5, 5.41) is 61.8. The average Bonchev–Trinajstić information content (AvgIpc) is 2.84. The van der Waals surface area contributed by atoms with Crippen LogP contribution in [0, 0.1) is 34.5 Å². The third kappa shape index (κ3) is 3.70. The number of ketones is 2. The summed E-state index contributed by atoms with van der Waals surface area (Å²) in [6, 6.07) is 4.63. The predicted molar refractivity (Wildman–Crippen MR) is 147 cm³/mol. The van der Waals surface area contributed by atoms with Crippen molar-refractivity contribution in [2.75, 3.05) is 0 Å². The number of aliphatic hydroxyl groups excluding tert-OH is 3. The maximum Gasteiger partial charge on any atom is 0.233 e. The predicted octanol–water partition coefficient (Wildman–Crippen LogP) is 2.31.